The lowest BCUT2D eigenvalue weighted by atomic mass is 10.0. The highest BCUT2D eigenvalue weighted by Gasteiger charge is 2.45. The normalized spacial score (nSPS) is 22.4. The molecular formula is C16H22BrClN2O. The average molecular weight is 374 g/mol. The summed E-state index contributed by atoms with van der Waals surface area (Å²) in [6.45, 7) is 2.18. The van der Waals surface area contributed by atoms with Gasteiger partial charge in [-0.15, -0.1) is 12.4 Å². The molecule has 1 saturated heterocycles. The van der Waals surface area contributed by atoms with Gasteiger partial charge in [0.05, 0.1) is 5.54 Å². The van der Waals surface area contributed by atoms with Crippen LogP contribution in [-0.4, -0.2) is 19.0 Å². The highest BCUT2D eigenvalue weighted by Crippen LogP contribution is 2.45. The standard InChI is InChI=1S/C16H21BrN2O.ClH/c17-14-4-2-13(3-5-14)16(8-9-16)19-15(20)6-1-12-7-10-18-11-12;/h2-5,12,18H,1,6-11H2,(H,19,20);1H. The molecule has 1 aliphatic carbocycles. The molecule has 5 heteroatoms. The molecule has 1 aromatic carbocycles. The first-order valence-electron chi connectivity index (χ1n) is 7.46. The lowest BCUT2D eigenvalue weighted by molar-refractivity contribution is -0.122. The van der Waals surface area contributed by atoms with Gasteiger partial charge in [0.1, 0.15) is 0 Å². The molecule has 1 heterocycles. The molecule has 1 amide bonds. The van der Waals surface area contributed by atoms with E-state index in [1.807, 2.05) is 12.1 Å². The first kappa shape index (κ1) is 16.8. The fraction of sp³-hybridized carbons (Fsp3) is 0.562. The number of rotatable bonds is 5. The largest absolute Gasteiger partial charge is 0.347 e. The van der Waals surface area contributed by atoms with Gasteiger partial charge >= 0.3 is 0 Å². The van der Waals surface area contributed by atoms with E-state index in [2.05, 4.69) is 38.7 Å². The van der Waals surface area contributed by atoms with Crippen LogP contribution in [0.3, 0.4) is 0 Å². The van der Waals surface area contributed by atoms with Gasteiger partial charge in [-0.25, -0.2) is 0 Å². The molecule has 0 aromatic heterocycles. The van der Waals surface area contributed by atoms with Crippen LogP contribution in [0, 0.1) is 5.92 Å². The number of benzene rings is 1. The minimum absolute atomic E-state index is 0. The summed E-state index contributed by atoms with van der Waals surface area (Å²) in [5, 5.41) is 6.60. The fourth-order valence-electron chi connectivity index (χ4n) is 3.01. The maximum atomic E-state index is 12.2. The quantitative estimate of drug-likeness (QED) is 0.831. The van der Waals surface area contributed by atoms with E-state index in [9.17, 15) is 4.79 Å². The predicted octanol–water partition coefficient (Wildman–Crippen LogP) is 3.37. The summed E-state index contributed by atoms with van der Waals surface area (Å²) in [5.41, 5.74) is 1.16. The fourth-order valence-corrected chi connectivity index (χ4v) is 3.27. The summed E-state index contributed by atoms with van der Waals surface area (Å²) in [6.07, 6.45) is 5.00. The van der Waals surface area contributed by atoms with Crippen LogP contribution in [-0.2, 0) is 10.3 Å². The third-order valence-electron chi connectivity index (χ3n) is 4.47. The Morgan fingerprint density at radius 2 is 2.05 bits per heavy atom. The van der Waals surface area contributed by atoms with Crippen molar-refractivity contribution in [2.75, 3.05) is 13.1 Å². The molecule has 21 heavy (non-hydrogen) atoms. The van der Waals surface area contributed by atoms with Gasteiger partial charge in [-0.3, -0.25) is 4.79 Å². The Morgan fingerprint density at radius 3 is 2.62 bits per heavy atom. The molecule has 1 atom stereocenters. The molecule has 3 nitrogen and oxygen atoms in total. The average Bonchev–Trinajstić information content (AvgIpc) is 3.03. The van der Waals surface area contributed by atoms with E-state index in [1.165, 1.54) is 12.0 Å². The number of halogens is 2. The van der Waals surface area contributed by atoms with Crippen molar-refractivity contribution < 1.29 is 4.79 Å². The molecule has 1 unspecified atom stereocenters. The molecule has 1 aliphatic heterocycles. The van der Waals surface area contributed by atoms with E-state index in [-0.39, 0.29) is 23.9 Å². The zero-order valence-electron chi connectivity index (χ0n) is 12.0. The Morgan fingerprint density at radius 1 is 1.33 bits per heavy atom. The summed E-state index contributed by atoms with van der Waals surface area (Å²) < 4.78 is 1.08. The minimum atomic E-state index is -0.0777. The first-order valence-corrected chi connectivity index (χ1v) is 8.25. The Kier molecular flexibility index (Phi) is 5.69. The number of hydrogen-bond acceptors (Lipinski definition) is 2. The maximum Gasteiger partial charge on any atom is 0.220 e. The molecule has 0 radical (unpaired) electrons. The second-order valence-corrected chi connectivity index (χ2v) is 6.95. The molecule has 116 valence electrons. The van der Waals surface area contributed by atoms with Gasteiger partial charge in [-0.05, 0) is 62.4 Å². The van der Waals surface area contributed by atoms with Crippen molar-refractivity contribution in [2.45, 2.75) is 37.6 Å². The predicted molar refractivity (Wildman–Crippen MR) is 90.7 cm³/mol. The maximum absolute atomic E-state index is 12.2. The van der Waals surface area contributed by atoms with E-state index in [1.54, 1.807) is 0 Å². The van der Waals surface area contributed by atoms with Gasteiger partial charge in [0.15, 0.2) is 0 Å². The van der Waals surface area contributed by atoms with Crippen molar-refractivity contribution in [3.05, 3.63) is 34.3 Å². The van der Waals surface area contributed by atoms with Crippen molar-refractivity contribution in [2.24, 2.45) is 5.92 Å². The van der Waals surface area contributed by atoms with E-state index in [0.29, 0.717) is 12.3 Å². The Hall–Kier alpha value is -0.580. The van der Waals surface area contributed by atoms with Crippen LogP contribution < -0.4 is 10.6 Å². The highest BCUT2D eigenvalue weighted by molar-refractivity contribution is 9.10. The number of amides is 1. The van der Waals surface area contributed by atoms with Crippen LogP contribution >= 0.6 is 28.3 Å². The Balaban J connectivity index is 0.00000161. The van der Waals surface area contributed by atoms with Crippen molar-refractivity contribution >= 4 is 34.2 Å². The molecule has 1 saturated carbocycles. The van der Waals surface area contributed by atoms with Crippen molar-refractivity contribution in [3.8, 4) is 0 Å². The van der Waals surface area contributed by atoms with E-state index in [4.69, 9.17) is 0 Å². The van der Waals surface area contributed by atoms with E-state index < -0.39 is 0 Å². The van der Waals surface area contributed by atoms with E-state index >= 15 is 0 Å². The second kappa shape index (κ2) is 7.12. The first-order chi connectivity index (χ1) is 9.68. The lowest BCUT2D eigenvalue weighted by Gasteiger charge is -2.18. The molecule has 0 bridgehead atoms. The van der Waals surface area contributed by atoms with Crippen molar-refractivity contribution in [1.29, 1.82) is 0 Å². The zero-order valence-corrected chi connectivity index (χ0v) is 14.4. The molecule has 2 N–H and O–H groups in total. The molecule has 2 aliphatic rings. The van der Waals surface area contributed by atoms with Crippen LogP contribution in [0.25, 0.3) is 0 Å². The summed E-state index contributed by atoms with van der Waals surface area (Å²) in [6, 6.07) is 8.31. The molecule has 1 aromatic rings. The van der Waals surface area contributed by atoms with Crippen LogP contribution in [0.1, 0.15) is 37.7 Å². The van der Waals surface area contributed by atoms with Crippen molar-refractivity contribution in [1.82, 2.24) is 10.6 Å². The van der Waals surface area contributed by atoms with Gasteiger partial charge in [0, 0.05) is 10.9 Å². The summed E-state index contributed by atoms with van der Waals surface area (Å²) in [4.78, 5) is 12.2. The van der Waals surface area contributed by atoms with Crippen LogP contribution in [0.2, 0.25) is 0 Å². The number of carbonyl (C=O) groups is 1. The van der Waals surface area contributed by atoms with Gasteiger partial charge in [0.25, 0.3) is 0 Å². The highest BCUT2D eigenvalue weighted by atomic mass is 79.9. The monoisotopic (exact) mass is 372 g/mol. The van der Waals surface area contributed by atoms with Gasteiger partial charge in [-0.2, -0.15) is 0 Å². The van der Waals surface area contributed by atoms with Gasteiger partial charge < -0.3 is 10.6 Å². The van der Waals surface area contributed by atoms with Crippen LogP contribution in [0.15, 0.2) is 28.7 Å². The smallest absolute Gasteiger partial charge is 0.220 e. The third-order valence-corrected chi connectivity index (χ3v) is 5.00. The third kappa shape index (κ3) is 4.21. The summed E-state index contributed by atoms with van der Waals surface area (Å²) in [7, 11) is 0. The molecule has 2 fully saturated rings. The SMILES string of the molecule is Cl.O=C(CCC1CCNC1)NC1(c2ccc(Br)cc2)CC1. The topological polar surface area (TPSA) is 41.1 Å². The van der Waals surface area contributed by atoms with Crippen LogP contribution in [0.5, 0.6) is 0 Å². The molecule has 3 rings (SSSR count). The Bertz CT molecular complexity index is 482. The van der Waals surface area contributed by atoms with Gasteiger partial charge in [0.2, 0.25) is 5.91 Å². The van der Waals surface area contributed by atoms with Gasteiger partial charge in [-0.1, -0.05) is 28.1 Å². The minimum Gasteiger partial charge on any atom is -0.347 e. The number of hydrogen-bond donors (Lipinski definition) is 2. The summed E-state index contributed by atoms with van der Waals surface area (Å²) >= 11 is 3.45. The second-order valence-electron chi connectivity index (χ2n) is 6.03. The van der Waals surface area contributed by atoms with Crippen molar-refractivity contribution in [3.63, 3.8) is 0 Å². The van der Waals surface area contributed by atoms with E-state index in [0.717, 1.165) is 36.8 Å². The lowest BCUT2D eigenvalue weighted by Crippen LogP contribution is -2.35. The number of carbonyl (C=O) groups excluding carboxylic acids is 1. The molecular weight excluding hydrogens is 352 g/mol. The summed E-state index contributed by atoms with van der Waals surface area (Å²) in [5.74, 6) is 0.890. The zero-order chi connectivity index (χ0) is 14.0. The molecule has 0 spiro atoms. The Labute approximate surface area is 140 Å². The van der Waals surface area contributed by atoms with Crippen LogP contribution in [0.4, 0.5) is 0 Å². The number of nitrogens with one attached hydrogen (secondary N) is 2.